The Morgan fingerprint density at radius 2 is 1.74 bits per heavy atom. The number of thioether (sulfide) groups is 1. The summed E-state index contributed by atoms with van der Waals surface area (Å²) in [5, 5.41) is 2.56. The summed E-state index contributed by atoms with van der Waals surface area (Å²) in [5.41, 5.74) is 5.46. The quantitative estimate of drug-likeness (QED) is 0.329. The van der Waals surface area contributed by atoms with Crippen molar-refractivity contribution in [1.29, 1.82) is 0 Å². The Kier molecular flexibility index (Phi) is 8.53. The first-order valence-corrected chi connectivity index (χ1v) is 13.1. The lowest BCUT2D eigenvalue weighted by atomic mass is 10.1. The minimum Gasteiger partial charge on any atom is -0.490 e. The topological polar surface area (TPSA) is 84.9 Å². The van der Waals surface area contributed by atoms with Gasteiger partial charge in [-0.1, -0.05) is 48.0 Å². The zero-order chi connectivity index (χ0) is 27.2. The number of benzene rings is 3. The fourth-order valence-electron chi connectivity index (χ4n) is 4.03. The van der Waals surface area contributed by atoms with E-state index >= 15 is 0 Å². The van der Waals surface area contributed by atoms with Crippen molar-refractivity contribution in [3.05, 3.63) is 93.4 Å². The van der Waals surface area contributed by atoms with E-state index in [0.29, 0.717) is 28.6 Å². The van der Waals surface area contributed by atoms with Gasteiger partial charge in [0, 0.05) is 5.69 Å². The second-order valence-electron chi connectivity index (χ2n) is 8.99. The normalized spacial score (nSPS) is 14.2. The molecule has 1 saturated heterocycles. The maximum atomic E-state index is 13.0. The van der Waals surface area contributed by atoms with Crippen LogP contribution in [-0.2, 0) is 16.1 Å². The van der Waals surface area contributed by atoms with Crippen LogP contribution in [0.3, 0.4) is 0 Å². The third-order valence-electron chi connectivity index (χ3n) is 6.04. The lowest BCUT2D eigenvalue weighted by molar-refractivity contribution is -0.123. The minimum atomic E-state index is -0.329. The Morgan fingerprint density at radius 3 is 2.47 bits per heavy atom. The molecule has 38 heavy (non-hydrogen) atoms. The number of nitrogens with one attached hydrogen (secondary N) is 1. The van der Waals surface area contributed by atoms with Crippen LogP contribution < -0.4 is 14.8 Å². The van der Waals surface area contributed by atoms with Crippen LogP contribution >= 0.6 is 11.8 Å². The van der Waals surface area contributed by atoms with Gasteiger partial charge < -0.3 is 14.8 Å². The van der Waals surface area contributed by atoms with Crippen molar-refractivity contribution in [2.75, 3.05) is 18.5 Å². The van der Waals surface area contributed by atoms with Gasteiger partial charge in [0.25, 0.3) is 17.1 Å². The van der Waals surface area contributed by atoms with E-state index in [-0.39, 0.29) is 30.2 Å². The first kappa shape index (κ1) is 27.0. The molecular formula is C30H30N2O5S. The summed E-state index contributed by atoms with van der Waals surface area (Å²) >= 11 is 0.916. The summed E-state index contributed by atoms with van der Waals surface area (Å²) in [6, 6.07) is 18.7. The molecule has 1 N–H and O–H groups in total. The number of carbonyl (C=O) groups is 3. The van der Waals surface area contributed by atoms with E-state index < -0.39 is 0 Å². The molecule has 1 aliphatic rings. The van der Waals surface area contributed by atoms with Crippen molar-refractivity contribution in [2.45, 2.75) is 34.2 Å². The summed E-state index contributed by atoms with van der Waals surface area (Å²) in [7, 11) is 0. The van der Waals surface area contributed by atoms with Crippen molar-refractivity contribution in [1.82, 2.24) is 4.90 Å². The Labute approximate surface area is 226 Å². The molecule has 1 heterocycles. The molecule has 1 aliphatic heterocycles. The Bertz CT molecular complexity index is 1420. The number of imide groups is 1. The number of carbonyl (C=O) groups excluding carboxylic acids is 3. The van der Waals surface area contributed by atoms with Crippen molar-refractivity contribution in [3.8, 4) is 11.5 Å². The van der Waals surface area contributed by atoms with E-state index in [9.17, 15) is 14.4 Å². The van der Waals surface area contributed by atoms with Gasteiger partial charge in [0.15, 0.2) is 18.1 Å². The molecule has 0 spiro atoms. The molecule has 0 radical (unpaired) electrons. The molecule has 0 saturated carbocycles. The first-order chi connectivity index (χ1) is 18.2. The van der Waals surface area contributed by atoms with Crippen molar-refractivity contribution >= 4 is 40.6 Å². The standard InChI is InChI=1S/C30H30N2O5S/c1-5-36-26-15-22(11-13-25(26)37-18-28(33)31-24-12-10-19(2)14-21(24)4)16-27-29(34)32(30(35)38-27)17-23-9-7-6-8-20(23)3/h6-16H,5,17-18H2,1-4H3,(H,31,33)/b27-16-. The number of amides is 3. The number of aryl methyl sites for hydroxylation is 3. The second kappa shape index (κ2) is 12.0. The fraction of sp³-hybridized carbons (Fsp3) is 0.233. The number of ether oxygens (including phenoxy) is 2. The number of anilines is 1. The molecule has 3 amide bonds. The summed E-state index contributed by atoms with van der Waals surface area (Å²) in [4.78, 5) is 39.7. The molecule has 196 valence electrons. The Balaban J connectivity index is 1.45. The van der Waals surface area contributed by atoms with Crippen LogP contribution in [0.4, 0.5) is 10.5 Å². The van der Waals surface area contributed by atoms with Gasteiger partial charge in [-0.15, -0.1) is 0 Å². The minimum absolute atomic E-state index is 0.190. The third-order valence-corrected chi connectivity index (χ3v) is 6.95. The molecule has 0 bridgehead atoms. The number of rotatable bonds is 9. The number of hydrogen-bond donors (Lipinski definition) is 1. The van der Waals surface area contributed by atoms with Gasteiger partial charge in [0.2, 0.25) is 0 Å². The van der Waals surface area contributed by atoms with E-state index in [2.05, 4.69) is 5.32 Å². The van der Waals surface area contributed by atoms with E-state index in [1.54, 1.807) is 24.3 Å². The zero-order valence-electron chi connectivity index (χ0n) is 21.9. The van der Waals surface area contributed by atoms with Gasteiger partial charge in [-0.05, 0) is 86.0 Å². The van der Waals surface area contributed by atoms with Gasteiger partial charge in [-0.3, -0.25) is 19.3 Å². The van der Waals surface area contributed by atoms with Crippen LogP contribution in [-0.4, -0.2) is 35.2 Å². The predicted octanol–water partition coefficient (Wildman–Crippen LogP) is 6.26. The predicted molar refractivity (Wildman–Crippen MR) is 150 cm³/mol. The Morgan fingerprint density at radius 1 is 0.947 bits per heavy atom. The first-order valence-electron chi connectivity index (χ1n) is 12.3. The molecule has 3 aromatic rings. The zero-order valence-corrected chi connectivity index (χ0v) is 22.7. The van der Waals surface area contributed by atoms with Gasteiger partial charge in [0.05, 0.1) is 18.1 Å². The van der Waals surface area contributed by atoms with E-state index in [4.69, 9.17) is 9.47 Å². The average Bonchev–Trinajstić information content (AvgIpc) is 3.14. The highest BCUT2D eigenvalue weighted by Gasteiger charge is 2.35. The smallest absolute Gasteiger partial charge is 0.293 e. The summed E-state index contributed by atoms with van der Waals surface area (Å²) < 4.78 is 11.5. The lowest BCUT2D eigenvalue weighted by Gasteiger charge is -2.14. The average molecular weight is 531 g/mol. The van der Waals surface area contributed by atoms with Crippen LogP contribution in [0.2, 0.25) is 0 Å². The van der Waals surface area contributed by atoms with Crippen LogP contribution in [0.5, 0.6) is 11.5 Å². The van der Waals surface area contributed by atoms with Crippen LogP contribution in [0.15, 0.2) is 65.6 Å². The highest BCUT2D eigenvalue weighted by atomic mass is 32.2. The molecule has 3 aromatic carbocycles. The molecule has 0 aliphatic carbocycles. The molecule has 0 unspecified atom stereocenters. The van der Waals surface area contributed by atoms with Crippen molar-refractivity contribution in [3.63, 3.8) is 0 Å². The van der Waals surface area contributed by atoms with Gasteiger partial charge in [-0.25, -0.2) is 0 Å². The summed E-state index contributed by atoms with van der Waals surface area (Å²) in [6.07, 6.45) is 1.67. The summed E-state index contributed by atoms with van der Waals surface area (Å²) in [5.74, 6) is 0.238. The highest BCUT2D eigenvalue weighted by molar-refractivity contribution is 8.18. The van der Waals surface area contributed by atoms with Gasteiger partial charge >= 0.3 is 0 Å². The molecule has 0 atom stereocenters. The molecule has 8 heteroatoms. The molecule has 0 aromatic heterocycles. The highest BCUT2D eigenvalue weighted by Crippen LogP contribution is 2.35. The van der Waals surface area contributed by atoms with Crippen LogP contribution in [0, 0.1) is 20.8 Å². The van der Waals surface area contributed by atoms with E-state index in [1.807, 2.05) is 70.2 Å². The summed E-state index contributed by atoms with van der Waals surface area (Å²) in [6.45, 7) is 8.17. The van der Waals surface area contributed by atoms with Crippen molar-refractivity contribution < 1.29 is 23.9 Å². The monoisotopic (exact) mass is 530 g/mol. The number of hydrogen-bond acceptors (Lipinski definition) is 6. The fourth-order valence-corrected chi connectivity index (χ4v) is 4.87. The molecule has 1 fully saturated rings. The van der Waals surface area contributed by atoms with Crippen LogP contribution in [0.25, 0.3) is 6.08 Å². The second-order valence-corrected chi connectivity index (χ2v) is 9.98. The van der Waals surface area contributed by atoms with E-state index in [0.717, 1.165) is 39.7 Å². The molecular weight excluding hydrogens is 500 g/mol. The number of nitrogens with zero attached hydrogens (tertiary/aromatic N) is 1. The van der Waals surface area contributed by atoms with Gasteiger partial charge in [-0.2, -0.15) is 0 Å². The van der Waals surface area contributed by atoms with Crippen LogP contribution in [0.1, 0.15) is 34.7 Å². The maximum Gasteiger partial charge on any atom is 0.293 e. The molecule has 7 nitrogen and oxygen atoms in total. The third kappa shape index (κ3) is 6.44. The molecule has 4 rings (SSSR count). The van der Waals surface area contributed by atoms with Crippen molar-refractivity contribution in [2.24, 2.45) is 0 Å². The lowest BCUT2D eigenvalue weighted by Crippen LogP contribution is -2.27. The SMILES string of the molecule is CCOc1cc(/C=C2\SC(=O)N(Cc3ccccc3C)C2=O)ccc1OCC(=O)Nc1ccc(C)cc1C. The van der Waals surface area contributed by atoms with Gasteiger partial charge in [0.1, 0.15) is 0 Å². The van der Waals surface area contributed by atoms with E-state index in [1.165, 1.54) is 4.90 Å². The Hall–Kier alpha value is -4.04. The largest absolute Gasteiger partial charge is 0.490 e. The maximum absolute atomic E-state index is 13.0.